The van der Waals surface area contributed by atoms with Crippen molar-refractivity contribution in [3.63, 3.8) is 0 Å². The number of aromatic nitrogens is 1. The fourth-order valence-corrected chi connectivity index (χ4v) is 1.19. The molecule has 12 heavy (non-hydrogen) atoms. The summed E-state index contributed by atoms with van der Waals surface area (Å²) in [6, 6.07) is 0.280. The van der Waals surface area contributed by atoms with Gasteiger partial charge in [-0.2, -0.15) is 4.98 Å². The molecule has 68 valence electrons. The molecule has 0 aliphatic carbocycles. The molecule has 0 radical (unpaired) electrons. The molecule has 1 heterocycles. The Bertz CT molecular complexity index is 238. The van der Waals surface area contributed by atoms with Crippen molar-refractivity contribution in [2.45, 2.75) is 39.5 Å². The van der Waals surface area contributed by atoms with Crippen LogP contribution in [0.2, 0.25) is 0 Å². The van der Waals surface area contributed by atoms with Gasteiger partial charge in [0.25, 0.3) is 6.01 Å². The van der Waals surface area contributed by atoms with Gasteiger partial charge in [0.1, 0.15) is 5.76 Å². The Kier molecular flexibility index (Phi) is 2.40. The van der Waals surface area contributed by atoms with Crippen molar-refractivity contribution < 1.29 is 4.42 Å². The predicted octanol–water partition coefficient (Wildman–Crippen LogP) is 2.50. The zero-order valence-electron chi connectivity index (χ0n) is 8.09. The number of hydrogen-bond acceptors (Lipinski definition) is 3. The molecule has 0 amide bonds. The van der Waals surface area contributed by atoms with Crippen LogP contribution in [0.25, 0.3) is 0 Å². The molecule has 1 aromatic rings. The van der Waals surface area contributed by atoms with E-state index in [0.29, 0.717) is 11.8 Å². The Hall–Kier alpha value is -0.990. The van der Waals surface area contributed by atoms with Gasteiger partial charge in [-0.05, 0) is 5.92 Å². The van der Waals surface area contributed by atoms with Gasteiger partial charge in [-0.1, -0.05) is 27.7 Å². The summed E-state index contributed by atoms with van der Waals surface area (Å²) in [4.78, 5) is 4.14. The molecule has 0 aliphatic heterocycles. The number of oxazole rings is 1. The molecule has 0 spiro atoms. The molecule has 0 fully saturated rings. The van der Waals surface area contributed by atoms with Gasteiger partial charge in [0.15, 0.2) is 0 Å². The van der Waals surface area contributed by atoms with Crippen LogP contribution in [0.5, 0.6) is 0 Å². The number of rotatable bonds is 2. The third kappa shape index (κ3) is 1.60. The van der Waals surface area contributed by atoms with Gasteiger partial charge in [-0.25, -0.2) is 0 Å². The van der Waals surface area contributed by atoms with Crippen molar-refractivity contribution in [3.8, 4) is 0 Å². The molecule has 0 aromatic carbocycles. The first-order chi connectivity index (χ1) is 5.52. The van der Waals surface area contributed by atoms with Gasteiger partial charge >= 0.3 is 0 Å². The minimum absolute atomic E-state index is 0.280. The third-order valence-corrected chi connectivity index (χ3v) is 1.77. The molecule has 0 atom stereocenters. The third-order valence-electron chi connectivity index (χ3n) is 1.77. The predicted molar refractivity (Wildman–Crippen MR) is 49.1 cm³/mol. The van der Waals surface area contributed by atoms with E-state index in [1.165, 1.54) is 0 Å². The highest BCUT2D eigenvalue weighted by Gasteiger charge is 2.16. The van der Waals surface area contributed by atoms with Gasteiger partial charge < -0.3 is 10.2 Å². The van der Waals surface area contributed by atoms with Crippen LogP contribution in [0.4, 0.5) is 6.01 Å². The van der Waals surface area contributed by atoms with E-state index < -0.39 is 0 Å². The maximum atomic E-state index is 5.48. The lowest BCUT2D eigenvalue weighted by Crippen LogP contribution is -1.95. The van der Waals surface area contributed by atoms with Crippen molar-refractivity contribution in [2.75, 3.05) is 5.73 Å². The normalized spacial score (nSPS) is 11.5. The molecule has 2 N–H and O–H groups in total. The second kappa shape index (κ2) is 3.17. The van der Waals surface area contributed by atoms with E-state index in [-0.39, 0.29) is 6.01 Å². The molecule has 3 heteroatoms. The molecule has 0 aliphatic rings. The van der Waals surface area contributed by atoms with Gasteiger partial charge in [0.2, 0.25) is 0 Å². The highest BCUT2D eigenvalue weighted by atomic mass is 16.4. The molecule has 3 nitrogen and oxygen atoms in total. The minimum atomic E-state index is 0.280. The van der Waals surface area contributed by atoms with Gasteiger partial charge in [-0.15, -0.1) is 0 Å². The van der Waals surface area contributed by atoms with E-state index in [9.17, 15) is 0 Å². The van der Waals surface area contributed by atoms with E-state index in [1.54, 1.807) is 0 Å². The number of nitrogens with zero attached hydrogens (tertiary/aromatic N) is 1. The minimum Gasteiger partial charge on any atom is -0.428 e. The molecule has 0 saturated carbocycles. The molecule has 0 unspecified atom stereocenters. The topological polar surface area (TPSA) is 52.0 Å². The van der Waals surface area contributed by atoms with Gasteiger partial charge in [0, 0.05) is 5.92 Å². The average molecular weight is 168 g/mol. The second-order valence-corrected chi connectivity index (χ2v) is 3.61. The molecular weight excluding hydrogens is 152 g/mol. The van der Waals surface area contributed by atoms with Crippen molar-refractivity contribution in [1.82, 2.24) is 4.98 Å². The van der Waals surface area contributed by atoms with E-state index in [2.05, 4.69) is 32.7 Å². The Morgan fingerprint density at radius 3 is 2.08 bits per heavy atom. The summed E-state index contributed by atoms with van der Waals surface area (Å²) >= 11 is 0. The number of anilines is 1. The summed E-state index contributed by atoms with van der Waals surface area (Å²) in [6.07, 6.45) is 0. The summed E-state index contributed by atoms with van der Waals surface area (Å²) < 4.78 is 5.30. The first-order valence-electron chi connectivity index (χ1n) is 4.28. The van der Waals surface area contributed by atoms with Crippen LogP contribution in [0.15, 0.2) is 4.42 Å². The Morgan fingerprint density at radius 2 is 1.75 bits per heavy atom. The number of nitrogen functional groups attached to an aromatic ring is 1. The van der Waals surface area contributed by atoms with Crippen molar-refractivity contribution in [3.05, 3.63) is 11.5 Å². The zero-order valence-corrected chi connectivity index (χ0v) is 8.09. The average Bonchev–Trinajstić information content (AvgIpc) is 2.31. The monoisotopic (exact) mass is 168 g/mol. The molecule has 1 aromatic heterocycles. The highest BCUT2D eigenvalue weighted by Crippen LogP contribution is 2.27. The van der Waals surface area contributed by atoms with Crippen LogP contribution in [-0.4, -0.2) is 4.98 Å². The van der Waals surface area contributed by atoms with Crippen LogP contribution in [0.3, 0.4) is 0 Å². The van der Waals surface area contributed by atoms with Crippen LogP contribution in [-0.2, 0) is 0 Å². The van der Waals surface area contributed by atoms with E-state index in [4.69, 9.17) is 10.2 Å². The Morgan fingerprint density at radius 1 is 1.17 bits per heavy atom. The molecular formula is C9H16N2O. The Balaban J connectivity index is 3.08. The van der Waals surface area contributed by atoms with Crippen LogP contribution in [0, 0.1) is 0 Å². The standard InChI is InChI=1S/C9H16N2O/c1-5(2)7-8(6(3)4)12-9(10)11-7/h5-6H,1-4H3,(H2,10,11). The summed E-state index contributed by atoms with van der Waals surface area (Å²) in [5.41, 5.74) is 6.47. The maximum absolute atomic E-state index is 5.48. The summed E-state index contributed by atoms with van der Waals surface area (Å²) in [5.74, 6) is 1.65. The number of hydrogen-bond donors (Lipinski definition) is 1. The maximum Gasteiger partial charge on any atom is 0.292 e. The highest BCUT2D eigenvalue weighted by molar-refractivity contribution is 5.24. The van der Waals surface area contributed by atoms with Crippen molar-refractivity contribution in [2.24, 2.45) is 0 Å². The largest absolute Gasteiger partial charge is 0.428 e. The first-order valence-corrected chi connectivity index (χ1v) is 4.28. The zero-order chi connectivity index (χ0) is 9.30. The number of nitrogens with two attached hydrogens (primary N) is 1. The SMILES string of the molecule is CC(C)c1nc(N)oc1C(C)C. The summed E-state index contributed by atoms with van der Waals surface area (Å²) in [5, 5.41) is 0. The molecule has 0 saturated heterocycles. The van der Waals surface area contributed by atoms with Crippen LogP contribution < -0.4 is 5.73 Å². The molecule has 1 rings (SSSR count). The lowest BCUT2D eigenvalue weighted by Gasteiger charge is -2.05. The fraction of sp³-hybridized carbons (Fsp3) is 0.667. The fourth-order valence-electron chi connectivity index (χ4n) is 1.19. The second-order valence-electron chi connectivity index (χ2n) is 3.61. The van der Waals surface area contributed by atoms with E-state index in [0.717, 1.165) is 11.5 Å². The first kappa shape index (κ1) is 9.10. The van der Waals surface area contributed by atoms with Gasteiger partial charge in [0.05, 0.1) is 5.69 Å². The van der Waals surface area contributed by atoms with Crippen LogP contribution in [0.1, 0.15) is 51.0 Å². The van der Waals surface area contributed by atoms with Crippen LogP contribution >= 0.6 is 0 Å². The summed E-state index contributed by atoms with van der Waals surface area (Å²) in [6.45, 7) is 8.32. The van der Waals surface area contributed by atoms with E-state index >= 15 is 0 Å². The van der Waals surface area contributed by atoms with E-state index in [1.807, 2.05) is 0 Å². The quantitative estimate of drug-likeness (QED) is 0.738. The smallest absolute Gasteiger partial charge is 0.292 e. The lowest BCUT2D eigenvalue weighted by atomic mass is 10.0. The Labute approximate surface area is 73.0 Å². The van der Waals surface area contributed by atoms with Gasteiger partial charge in [-0.3, -0.25) is 0 Å². The molecule has 0 bridgehead atoms. The lowest BCUT2D eigenvalue weighted by molar-refractivity contribution is 0.492. The van der Waals surface area contributed by atoms with Crippen molar-refractivity contribution >= 4 is 6.01 Å². The summed E-state index contributed by atoms with van der Waals surface area (Å²) in [7, 11) is 0. The van der Waals surface area contributed by atoms with Crippen molar-refractivity contribution in [1.29, 1.82) is 0 Å².